The summed E-state index contributed by atoms with van der Waals surface area (Å²) in [7, 11) is 1.75. The largest absolute Gasteiger partial charge is 0.464 e. The number of rotatable bonds is 5. The van der Waals surface area contributed by atoms with Crippen LogP contribution in [0, 0.1) is 11.6 Å². The third-order valence-electron chi connectivity index (χ3n) is 3.19. The van der Waals surface area contributed by atoms with Crippen LogP contribution in [0.3, 0.4) is 0 Å². The lowest BCUT2D eigenvalue weighted by atomic mass is 10.0. The van der Waals surface area contributed by atoms with Crippen LogP contribution in [-0.4, -0.2) is 7.05 Å². The molecule has 0 aliphatic carbocycles. The Balaban J connectivity index is 2.24. The first kappa shape index (κ1) is 13.7. The fraction of sp³-hybridized carbons (Fsp3) is 0.333. The maximum absolute atomic E-state index is 13.6. The van der Waals surface area contributed by atoms with Crippen molar-refractivity contribution in [3.8, 4) is 0 Å². The summed E-state index contributed by atoms with van der Waals surface area (Å²) in [5.74, 6) is 0.510. The van der Waals surface area contributed by atoms with E-state index in [1.807, 2.05) is 19.1 Å². The number of hydrogen-bond acceptors (Lipinski definition) is 2. The number of aryl methyl sites for hydroxylation is 1. The molecule has 102 valence electrons. The van der Waals surface area contributed by atoms with Gasteiger partial charge in [0, 0.05) is 18.4 Å². The highest BCUT2D eigenvalue weighted by Gasteiger charge is 2.18. The lowest BCUT2D eigenvalue weighted by molar-refractivity contribution is 0.400. The van der Waals surface area contributed by atoms with Gasteiger partial charge < -0.3 is 9.73 Å². The predicted molar refractivity (Wildman–Crippen MR) is 69.9 cm³/mol. The number of nitrogens with one attached hydrogen (secondary N) is 1. The van der Waals surface area contributed by atoms with E-state index in [1.54, 1.807) is 7.05 Å². The van der Waals surface area contributed by atoms with Crippen molar-refractivity contribution < 1.29 is 13.2 Å². The van der Waals surface area contributed by atoms with Crippen LogP contribution in [-0.2, 0) is 12.8 Å². The van der Waals surface area contributed by atoms with Crippen molar-refractivity contribution in [3.63, 3.8) is 0 Å². The zero-order valence-electron chi connectivity index (χ0n) is 11.0. The van der Waals surface area contributed by atoms with Crippen LogP contribution in [0.5, 0.6) is 0 Å². The highest BCUT2D eigenvalue weighted by atomic mass is 19.1. The van der Waals surface area contributed by atoms with Crippen LogP contribution in [0.1, 0.15) is 30.0 Å². The van der Waals surface area contributed by atoms with Crippen molar-refractivity contribution in [2.24, 2.45) is 0 Å². The Morgan fingerprint density at radius 1 is 1.16 bits per heavy atom. The average molecular weight is 265 g/mol. The zero-order chi connectivity index (χ0) is 13.8. The highest BCUT2D eigenvalue weighted by molar-refractivity contribution is 5.23. The molecule has 0 saturated carbocycles. The van der Waals surface area contributed by atoms with Crippen LogP contribution in [0.4, 0.5) is 8.78 Å². The molecule has 1 unspecified atom stereocenters. The van der Waals surface area contributed by atoms with Gasteiger partial charge in [-0.25, -0.2) is 8.78 Å². The molecule has 1 atom stereocenters. The van der Waals surface area contributed by atoms with Crippen molar-refractivity contribution in [2.45, 2.75) is 25.8 Å². The molecule has 0 bridgehead atoms. The van der Waals surface area contributed by atoms with E-state index < -0.39 is 11.6 Å². The molecule has 1 aromatic heterocycles. The number of halogens is 2. The highest BCUT2D eigenvalue weighted by Crippen LogP contribution is 2.23. The monoisotopic (exact) mass is 265 g/mol. The smallest absolute Gasteiger partial charge is 0.129 e. The molecule has 0 saturated heterocycles. The Kier molecular flexibility index (Phi) is 4.32. The SMILES string of the molecule is CCc1ccc(C(Cc2c(F)cccc2F)NC)o1. The molecule has 0 aliphatic heterocycles. The van der Waals surface area contributed by atoms with E-state index in [1.165, 1.54) is 18.2 Å². The lowest BCUT2D eigenvalue weighted by Gasteiger charge is -2.14. The maximum atomic E-state index is 13.6. The van der Waals surface area contributed by atoms with Crippen molar-refractivity contribution >= 4 is 0 Å². The zero-order valence-corrected chi connectivity index (χ0v) is 11.0. The summed E-state index contributed by atoms with van der Waals surface area (Å²) in [5.41, 5.74) is 0.0799. The first-order valence-corrected chi connectivity index (χ1v) is 6.34. The Morgan fingerprint density at radius 3 is 2.37 bits per heavy atom. The Hall–Kier alpha value is -1.68. The molecule has 4 heteroatoms. The van der Waals surface area contributed by atoms with Gasteiger partial charge in [-0.2, -0.15) is 0 Å². The van der Waals surface area contributed by atoms with Gasteiger partial charge in [-0.05, 0) is 31.3 Å². The molecule has 2 nitrogen and oxygen atoms in total. The topological polar surface area (TPSA) is 25.2 Å². The first-order valence-electron chi connectivity index (χ1n) is 6.34. The fourth-order valence-corrected chi connectivity index (χ4v) is 2.05. The maximum Gasteiger partial charge on any atom is 0.129 e. The van der Waals surface area contributed by atoms with Gasteiger partial charge in [-0.15, -0.1) is 0 Å². The van der Waals surface area contributed by atoms with E-state index in [-0.39, 0.29) is 18.0 Å². The van der Waals surface area contributed by atoms with Gasteiger partial charge in [0.2, 0.25) is 0 Å². The van der Waals surface area contributed by atoms with Crippen molar-refractivity contribution in [3.05, 3.63) is 59.1 Å². The van der Waals surface area contributed by atoms with Gasteiger partial charge in [0.25, 0.3) is 0 Å². The van der Waals surface area contributed by atoms with Crippen LogP contribution in [0.2, 0.25) is 0 Å². The molecule has 2 rings (SSSR count). The molecule has 0 amide bonds. The molecule has 1 heterocycles. The number of furan rings is 1. The molecule has 0 aliphatic rings. The molecular formula is C15H17F2NO. The summed E-state index contributed by atoms with van der Waals surface area (Å²) >= 11 is 0. The quantitative estimate of drug-likeness (QED) is 0.893. The third kappa shape index (κ3) is 3.01. The molecular weight excluding hydrogens is 248 g/mol. The van der Waals surface area contributed by atoms with Gasteiger partial charge in [0.05, 0.1) is 6.04 Å². The van der Waals surface area contributed by atoms with Crippen LogP contribution < -0.4 is 5.32 Å². The summed E-state index contributed by atoms with van der Waals surface area (Å²) in [6.45, 7) is 1.99. The van der Waals surface area contributed by atoms with Gasteiger partial charge in [0.1, 0.15) is 23.2 Å². The van der Waals surface area contributed by atoms with Crippen LogP contribution >= 0.6 is 0 Å². The standard InChI is InChI=1S/C15H17F2NO/c1-3-10-7-8-15(19-10)14(18-2)9-11-12(16)5-4-6-13(11)17/h4-8,14,18H,3,9H2,1-2H3. The molecule has 1 N–H and O–H groups in total. The van der Waals surface area contributed by atoms with E-state index in [2.05, 4.69) is 5.32 Å². The second kappa shape index (κ2) is 5.97. The summed E-state index contributed by atoms with van der Waals surface area (Å²) in [6.07, 6.45) is 1.01. The Labute approximate surface area is 111 Å². The van der Waals surface area contributed by atoms with Crippen molar-refractivity contribution in [2.75, 3.05) is 7.05 Å². The van der Waals surface area contributed by atoms with E-state index in [0.29, 0.717) is 5.76 Å². The number of benzene rings is 1. The van der Waals surface area contributed by atoms with Crippen molar-refractivity contribution in [1.82, 2.24) is 5.32 Å². The van der Waals surface area contributed by atoms with Gasteiger partial charge >= 0.3 is 0 Å². The van der Waals surface area contributed by atoms with E-state index >= 15 is 0 Å². The van der Waals surface area contributed by atoms with Crippen LogP contribution in [0.15, 0.2) is 34.7 Å². The lowest BCUT2D eigenvalue weighted by Crippen LogP contribution is -2.19. The normalized spacial score (nSPS) is 12.6. The minimum Gasteiger partial charge on any atom is -0.464 e. The first-order chi connectivity index (χ1) is 9.15. The average Bonchev–Trinajstić information content (AvgIpc) is 2.87. The minimum absolute atomic E-state index is 0.0799. The van der Waals surface area contributed by atoms with E-state index in [9.17, 15) is 8.78 Å². The predicted octanol–water partition coefficient (Wildman–Crippen LogP) is 3.62. The number of hydrogen-bond donors (Lipinski definition) is 1. The summed E-state index contributed by atoms with van der Waals surface area (Å²) in [6, 6.07) is 7.39. The van der Waals surface area contributed by atoms with Gasteiger partial charge in [0.15, 0.2) is 0 Å². The van der Waals surface area contributed by atoms with Gasteiger partial charge in [-0.1, -0.05) is 13.0 Å². The van der Waals surface area contributed by atoms with Crippen molar-refractivity contribution in [1.29, 1.82) is 0 Å². The van der Waals surface area contributed by atoms with E-state index in [0.717, 1.165) is 12.2 Å². The molecule has 0 spiro atoms. The Bertz CT molecular complexity index is 531. The molecule has 1 aromatic carbocycles. The fourth-order valence-electron chi connectivity index (χ4n) is 2.05. The summed E-state index contributed by atoms with van der Waals surface area (Å²) in [4.78, 5) is 0. The third-order valence-corrected chi connectivity index (χ3v) is 3.19. The second-order valence-corrected chi connectivity index (χ2v) is 4.40. The van der Waals surface area contributed by atoms with E-state index in [4.69, 9.17) is 4.42 Å². The molecule has 19 heavy (non-hydrogen) atoms. The van der Waals surface area contributed by atoms with Gasteiger partial charge in [-0.3, -0.25) is 0 Å². The molecule has 2 aromatic rings. The summed E-state index contributed by atoms with van der Waals surface area (Å²) in [5, 5.41) is 3.03. The second-order valence-electron chi connectivity index (χ2n) is 4.40. The van der Waals surface area contributed by atoms with Crippen LogP contribution in [0.25, 0.3) is 0 Å². The summed E-state index contributed by atoms with van der Waals surface area (Å²) < 4.78 is 32.9. The molecule has 0 fully saturated rings. The molecule has 0 radical (unpaired) electrons. The number of likely N-dealkylation sites (N-methyl/N-ethyl adjacent to an activating group) is 1. The minimum atomic E-state index is -0.525. The Morgan fingerprint density at radius 2 is 1.84 bits per heavy atom.